The largest absolute Gasteiger partial charge is 0.480 e. The molecule has 8 heteroatoms. The molecule has 0 aliphatic carbocycles. The average molecular weight is 279 g/mol. The summed E-state index contributed by atoms with van der Waals surface area (Å²) in [6.07, 6.45) is 1.31. The third kappa shape index (κ3) is 11.6. The van der Waals surface area contributed by atoms with Crippen molar-refractivity contribution in [3.63, 3.8) is 0 Å². The first-order valence-corrected chi connectivity index (χ1v) is 6.04. The van der Waals surface area contributed by atoms with E-state index < -0.39 is 30.1 Å². The molecule has 114 valence electrons. The molecule has 0 saturated carbocycles. The van der Waals surface area contributed by atoms with Crippen LogP contribution in [0.25, 0.3) is 0 Å². The molecule has 0 saturated heterocycles. The van der Waals surface area contributed by atoms with Crippen LogP contribution in [-0.4, -0.2) is 59.0 Å². The highest BCUT2D eigenvalue weighted by Gasteiger charge is 2.19. The number of aliphatic hydroxyl groups is 1. The number of carboxylic acids is 2. The van der Waals surface area contributed by atoms with Gasteiger partial charge in [0.05, 0.1) is 6.10 Å². The summed E-state index contributed by atoms with van der Waals surface area (Å²) < 4.78 is 0. The minimum atomic E-state index is -1.03. The third-order valence-electron chi connectivity index (χ3n) is 2.35. The van der Waals surface area contributed by atoms with E-state index in [0.29, 0.717) is 13.0 Å². The van der Waals surface area contributed by atoms with Crippen LogP contribution in [0.15, 0.2) is 0 Å². The first-order valence-electron chi connectivity index (χ1n) is 6.04. The zero-order chi connectivity index (χ0) is 15.4. The summed E-state index contributed by atoms with van der Waals surface area (Å²) in [5, 5.41) is 27.8. The van der Waals surface area contributed by atoms with E-state index in [2.05, 4.69) is 5.32 Å². The van der Waals surface area contributed by atoms with Gasteiger partial charge in [0.15, 0.2) is 0 Å². The molecule has 0 aromatic carbocycles. The average Bonchev–Trinajstić information content (AvgIpc) is 2.29. The summed E-state index contributed by atoms with van der Waals surface area (Å²) in [6.45, 7) is 2.03. The molecule has 0 rings (SSSR count). The monoisotopic (exact) mass is 279 g/mol. The highest BCUT2D eigenvalue weighted by molar-refractivity contribution is 5.74. The Hall–Kier alpha value is -1.22. The molecule has 0 aromatic heterocycles. The molecule has 0 aromatic rings. The van der Waals surface area contributed by atoms with Gasteiger partial charge in [0.25, 0.3) is 0 Å². The van der Waals surface area contributed by atoms with Gasteiger partial charge in [-0.1, -0.05) is 6.42 Å². The molecule has 0 fully saturated rings. The molecule has 0 spiro atoms. The number of unbranched alkanes of at least 4 members (excludes halogenated alkanes) is 1. The van der Waals surface area contributed by atoms with Crippen LogP contribution in [0, 0.1) is 0 Å². The quantitative estimate of drug-likeness (QED) is 0.295. The lowest BCUT2D eigenvalue weighted by Gasteiger charge is -2.12. The van der Waals surface area contributed by atoms with Gasteiger partial charge in [0.1, 0.15) is 12.1 Å². The Morgan fingerprint density at radius 1 is 1.21 bits per heavy atom. The minimum Gasteiger partial charge on any atom is -0.480 e. The van der Waals surface area contributed by atoms with Gasteiger partial charge >= 0.3 is 11.9 Å². The lowest BCUT2D eigenvalue weighted by Crippen LogP contribution is -2.42. The van der Waals surface area contributed by atoms with Crippen LogP contribution in [0.5, 0.6) is 0 Å². The first-order chi connectivity index (χ1) is 8.77. The van der Waals surface area contributed by atoms with Crippen molar-refractivity contribution < 1.29 is 24.9 Å². The van der Waals surface area contributed by atoms with Gasteiger partial charge in [-0.25, -0.2) is 0 Å². The number of hydrogen-bond donors (Lipinski definition) is 6. The fourth-order valence-corrected chi connectivity index (χ4v) is 1.20. The number of hydrogen-bond acceptors (Lipinski definition) is 6. The second kappa shape index (κ2) is 11.8. The molecule has 8 nitrogen and oxygen atoms in total. The Bertz CT molecular complexity index is 261. The number of carbonyl (C=O) groups is 2. The molecule has 1 unspecified atom stereocenters. The van der Waals surface area contributed by atoms with Crippen molar-refractivity contribution in [2.75, 3.05) is 13.6 Å². The van der Waals surface area contributed by atoms with E-state index in [9.17, 15) is 9.59 Å². The molecule has 0 heterocycles. The Kier molecular flexibility index (Phi) is 12.5. The maximum Gasteiger partial charge on any atom is 0.323 e. The fourth-order valence-electron chi connectivity index (χ4n) is 1.20. The van der Waals surface area contributed by atoms with Crippen molar-refractivity contribution in [2.24, 2.45) is 11.5 Å². The zero-order valence-electron chi connectivity index (χ0n) is 11.4. The number of aliphatic carboxylic acids is 2. The zero-order valence-corrected chi connectivity index (χ0v) is 11.4. The molecule has 0 aliphatic rings. The van der Waals surface area contributed by atoms with Gasteiger partial charge in [-0.2, -0.15) is 0 Å². The van der Waals surface area contributed by atoms with Crippen molar-refractivity contribution in [3.8, 4) is 0 Å². The Morgan fingerprint density at radius 2 is 1.74 bits per heavy atom. The van der Waals surface area contributed by atoms with E-state index in [4.69, 9.17) is 26.8 Å². The lowest BCUT2D eigenvalue weighted by molar-refractivity contribution is -0.142. The smallest absolute Gasteiger partial charge is 0.323 e. The van der Waals surface area contributed by atoms with E-state index >= 15 is 0 Å². The summed E-state index contributed by atoms with van der Waals surface area (Å²) in [7, 11) is 1.49. The van der Waals surface area contributed by atoms with E-state index in [1.165, 1.54) is 14.0 Å². The van der Waals surface area contributed by atoms with Gasteiger partial charge in [0, 0.05) is 0 Å². The Morgan fingerprint density at radius 3 is 1.95 bits per heavy atom. The van der Waals surface area contributed by atoms with Crippen molar-refractivity contribution in [1.82, 2.24) is 5.32 Å². The van der Waals surface area contributed by atoms with Crippen LogP contribution in [0.1, 0.15) is 26.2 Å². The molecule has 3 atom stereocenters. The molecule has 0 bridgehead atoms. The van der Waals surface area contributed by atoms with Crippen LogP contribution in [0.2, 0.25) is 0 Å². The van der Waals surface area contributed by atoms with Crippen LogP contribution in [0.4, 0.5) is 0 Å². The number of aliphatic hydroxyl groups excluding tert-OH is 1. The molecule has 0 radical (unpaired) electrons. The Balaban J connectivity index is 0. The summed E-state index contributed by atoms with van der Waals surface area (Å²) >= 11 is 0. The molecular formula is C11H25N3O5. The number of nitrogens with two attached hydrogens (primary N) is 2. The number of likely N-dealkylation sites (N-methyl/N-ethyl adjacent to an activating group) is 1. The second-order valence-corrected chi connectivity index (χ2v) is 4.07. The van der Waals surface area contributed by atoms with Crippen LogP contribution >= 0.6 is 0 Å². The summed E-state index contributed by atoms with van der Waals surface area (Å²) in [5.74, 6) is -1.97. The Labute approximate surface area is 112 Å². The summed E-state index contributed by atoms with van der Waals surface area (Å²) in [4.78, 5) is 20.3. The number of nitrogens with one attached hydrogen (secondary N) is 1. The van der Waals surface area contributed by atoms with Crippen LogP contribution < -0.4 is 16.8 Å². The van der Waals surface area contributed by atoms with Crippen LogP contribution in [-0.2, 0) is 9.59 Å². The van der Waals surface area contributed by atoms with Gasteiger partial charge in [0.2, 0.25) is 0 Å². The summed E-state index contributed by atoms with van der Waals surface area (Å²) in [6, 6.07) is -1.57. The molecule has 0 aliphatic heterocycles. The van der Waals surface area contributed by atoms with E-state index in [-0.39, 0.29) is 0 Å². The minimum absolute atomic E-state index is 0.520. The summed E-state index contributed by atoms with van der Waals surface area (Å²) in [5.41, 5.74) is 10.4. The van der Waals surface area contributed by atoms with Gasteiger partial charge in [-0.3, -0.25) is 9.59 Å². The van der Waals surface area contributed by atoms with Gasteiger partial charge in [-0.15, -0.1) is 0 Å². The van der Waals surface area contributed by atoms with E-state index in [1.807, 2.05) is 0 Å². The molecular weight excluding hydrogens is 254 g/mol. The predicted molar refractivity (Wildman–Crippen MR) is 70.7 cm³/mol. The highest BCUT2D eigenvalue weighted by Crippen LogP contribution is 1.97. The highest BCUT2D eigenvalue weighted by atomic mass is 16.4. The third-order valence-corrected chi connectivity index (χ3v) is 2.35. The van der Waals surface area contributed by atoms with Crippen molar-refractivity contribution >= 4 is 11.9 Å². The predicted octanol–water partition coefficient (Wildman–Crippen LogP) is -1.43. The normalized spacial score (nSPS) is 14.8. The maximum absolute atomic E-state index is 10.1. The fraction of sp³-hybridized carbons (Fsp3) is 0.818. The maximum atomic E-state index is 10.1. The first kappa shape index (κ1) is 20.1. The van der Waals surface area contributed by atoms with Crippen molar-refractivity contribution in [1.29, 1.82) is 0 Å². The van der Waals surface area contributed by atoms with E-state index in [1.54, 1.807) is 0 Å². The topological polar surface area (TPSA) is 159 Å². The SMILES string of the molecule is CN[C@H](C(=O)O)C(C)O.NCCCC[C@@H](N)C(=O)O. The standard InChI is InChI=1S/C6H14N2O2.C5H11NO3/c7-4-2-1-3-5(8)6(9)10;1-3(7)4(6-2)5(8)9/h5H,1-4,7-8H2,(H,9,10);3-4,6-7H,1-2H3,(H,8,9)/t5-;3?,4-/m10/s1. The van der Waals surface area contributed by atoms with Crippen molar-refractivity contribution in [2.45, 2.75) is 44.4 Å². The number of carboxylic acid groups (broad SMARTS) is 2. The molecule has 8 N–H and O–H groups in total. The number of rotatable bonds is 8. The lowest BCUT2D eigenvalue weighted by atomic mass is 10.1. The van der Waals surface area contributed by atoms with Crippen LogP contribution in [0.3, 0.4) is 0 Å². The van der Waals surface area contributed by atoms with Gasteiger partial charge in [-0.05, 0) is 33.4 Å². The molecule has 0 amide bonds. The molecule has 19 heavy (non-hydrogen) atoms. The van der Waals surface area contributed by atoms with Gasteiger partial charge < -0.3 is 32.1 Å². The van der Waals surface area contributed by atoms with E-state index in [0.717, 1.165) is 12.8 Å². The second-order valence-electron chi connectivity index (χ2n) is 4.07. The van der Waals surface area contributed by atoms with Crippen molar-refractivity contribution in [3.05, 3.63) is 0 Å².